The molecule has 0 spiro atoms. The summed E-state index contributed by atoms with van der Waals surface area (Å²) in [4.78, 5) is 28.8. The first-order valence-corrected chi connectivity index (χ1v) is 8.00. The summed E-state index contributed by atoms with van der Waals surface area (Å²) in [5.74, 6) is -0.157. The molecule has 21 heavy (non-hydrogen) atoms. The lowest BCUT2D eigenvalue weighted by molar-refractivity contribution is -0.163. The predicted molar refractivity (Wildman–Crippen MR) is 80.8 cm³/mol. The first-order chi connectivity index (χ1) is 9.78. The number of nitrogens with zero attached hydrogens (tertiary/aromatic N) is 2. The average Bonchev–Trinajstić information content (AvgIpc) is 2.96. The molecule has 0 aromatic rings. The average molecular weight is 296 g/mol. The highest BCUT2D eigenvalue weighted by atomic mass is 16.6. The highest BCUT2D eigenvalue weighted by molar-refractivity contribution is 5.85. The van der Waals surface area contributed by atoms with Gasteiger partial charge in [-0.2, -0.15) is 0 Å². The van der Waals surface area contributed by atoms with Crippen LogP contribution in [0, 0.1) is 0 Å². The number of carbonyl (C=O) groups excluding carboxylic acids is 2. The quantitative estimate of drug-likeness (QED) is 0.745. The molecule has 0 bridgehead atoms. The summed E-state index contributed by atoms with van der Waals surface area (Å²) in [7, 11) is 2.07. The molecule has 5 nitrogen and oxygen atoms in total. The zero-order valence-electron chi connectivity index (χ0n) is 13.7. The smallest absolute Gasteiger partial charge is 0.329 e. The van der Waals surface area contributed by atoms with Gasteiger partial charge in [0.15, 0.2) is 0 Å². The van der Waals surface area contributed by atoms with Gasteiger partial charge >= 0.3 is 5.97 Å². The Morgan fingerprint density at radius 1 is 1.14 bits per heavy atom. The van der Waals surface area contributed by atoms with Gasteiger partial charge in [-0.15, -0.1) is 0 Å². The molecule has 0 N–H and O–H groups in total. The minimum Gasteiger partial charge on any atom is -0.458 e. The summed E-state index contributed by atoms with van der Waals surface area (Å²) >= 11 is 0. The molecule has 0 aromatic carbocycles. The van der Waals surface area contributed by atoms with Crippen molar-refractivity contribution in [1.82, 2.24) is 9.80 Å². The van der Waals surface area contributed by atoms with Crippen LogP contribution in [0.3, 0.4) is 0 Å². The van der Waals surface area contributed by atoms with Crippen molar-refractivity contribution in [2.45, 2.75) is 70.6 Å². The first-order valence-electron chi connectivity index (χ1n) is 8.00. The first kappa shape index (κ1) is 16.3. The van der Waals surface area contributed by atoms with E-state index in [2.05, 4.69) is 11.9 Å². The lowest BCUT2D eigenvalue weighted by atomic mass is 10.1. The molecule has 5 heteroatoms. The second-order valence-electron chi connectivity index (χ2n) is 7.26. The van der Waals surface area contributed by atoms with E-state index >= 15 is 0 Å². The van der Waals surface area contributed by atoms with Crippen LogP contribution < -0.4 is 0 Å². The van der Waals surface area contributed by atoms with Crippen LogP contribution in [-0.2, 0) is 14.3 Å². The number of hydrogen-bond acceptors (Lipinski definition) is 4. The largest absolute Gasteiger partial charge is 0.458 e. The fraction of sp³-hybridized carbons (Fsp3) is 0.875. The van der Waals surface area contributed by atoms with E-state index in [4.69, 9.17) is 4.74 Å². The van der Waals surface area contributed by atoms with E-state index in [0.29, 0.717) is 19.0 Å². The minimum absolute atomic E-state index is 0.0992. The molecule has 120 valence electrons. The molecule has 2 saturated heterocycles. The van der Waals surface area contributed by atoms with Crippen LogP contribution in [0.4, 0.5) is 0 Å². The topological polar surface area (TPSA) is 49.9 Å². The van der Waals surface area contributed by atoms with Crippen LogP contribution in [0.15, 0.2) is 0 Å². The van der Waals surface area contributed by atoms with E-state index in [9.17, 15) is 9.59 Å². The molecule has 0 aliphatic carbocycles. The maximum absolute atomic E-state index is 12.5. The second-order valence-corrected chi connectivity index (χ2v) is 7.26. The van der Waals surface area contributed by atoms with Gasteiger partial charge in [0.25, 0.3) is 0 Å². The molecule has 2 atom stereocenters. The molecule has 1 amide bonds. The highest BCUT2D eigenvalue weighted by Crippen LogP contribution is 2.25. The lowest BCUT2D eigenvalue weighted by Gasteiger charge is -2.29. The Hall–Kier alpha value is -1.10. The maximum Gasteiger partial charge on any atom is 0.329 e. The van der Waals surface area contributed by atoms with Gasteiger partial charge < -0.3 is 14.5 Å². The summed E-state index contributed by atoms with van der Waals surface area (Å²) in [5, 5.41) is 0. The molecule has 0 unspecified atom stereocenters. The number of esters is 1. The van der Waals surface area contributed by atoms with Crippen LogP contribution in [0.2, 0.25) is 0 Å². The molecule has 2 aliphatic heterocycles. The van der Waals surface area contributed by atoms with E-state index < -0.39 is 5.60 Å². The van der Waals surface area contributed by atoms with Gasteiger partial charge in [-0.3, -0.25) is 4.79 Å². The van der Waals surface area contributed by atoms with Crippen molar-refractivity contribution in [2.75, 3.05) is 20.1 Å². The molecule has 0 aromatic heterocycles. The second kappa shape index (κ2) is 6.34. The maximum atomic E-state index is 12.5. The Morgan fingerprint density at radius 3 is 2.38 bits per heavy atom. The van der Waals surface area contributed by atoms with Crippen molar-refractivity contribution >= 4 is 11.9 Å². The molecular weight excluding hydrogens is 268 g/mol. The van der Waals surface area contributed by atoms with Crippen molar-refractivity contribution < 1.29 is 14.3 Å². The SMILES string of the molecule is CN1CCC[C@H]1CC(=O)N1CCC[C@@H]1C(=O)OC(C)(C)C. The van der Waals surface area contributed by atoms with Gasteiger partial charge in [0, 0.05) is 19.0 Å². The predicted octanol–water partition coefficient (Wildman–Crippen LogP) is 1.80. The zero-order chi connectivity index (χ0) is 15.6. The van der Waals surface area contributed by atoms with Crippen LogP contribution in [0.25, 0.3) is 0 Å². The molecule has 2 rings (SSSR count). The lowest BCUT2D eigenvalue weighted by Crippen LogP contribution is -2.45. The fourth-order valence-electron chi connectivity index (χ4n) is 3.24. The third kappa shape index (κ3) is 4.19. The fourth-order valence-corrected chi connectivity index (χ4v) is 3.24. The molecular formula is C16H28N2O3. The molecule has 0 radical (unpaired) electrons. The Labute approximate surface area is 127 Å². The van der Waals surface area contributed by atoms with Crippen LogP contribution in [-0.4, -0.2) is 59.5 Å². The van der Waals surface area contributed by atoms with E-state index in [1.807, 2.05) is 20.8 Å². The number of likely N-dealkylation sites (tertiary alicyclic amines) is 2. The van der Waals surface area contributed by atoms with Crippen LogP contribution >= 0.6 is 0 Å². The molecule has 2 fully saturated rings. The van der Waals surface area contributed by atoms with Gasteiger partial charge in [-0.1, -0.05) is 0 Å². The van der Waals surface area contributed by atoms with E-state index in [-0.39, 0.29) is 17.9 Å². The van der Waals surface area contributed by atoms with Gasteiger partial charge in [-0.25, -0.2) is 4.79 Å². The Bertz CT molecular complexity index is 403. The standard InChI is InChI=1S/C16H28N2O3/c1-16(2,3)21-15(20)13-8-6-10-18(13)14(19)11-12-7-5-9-17(12)4/h12-13H,5-11H2,1-4H3/t12-,13+/m0/s1. The zero-order valence-corrected chi connectivity index (χ0v) is 13.7. The van der Waals surface area contributed by atoms with Crippen molar-refractivity contribution in [3.05, 3.63) is 0 Å². The van der Waals surface area contributed by atoms with Gasteiger partial charge in [-0.05, 0) is 60.0 Å². The van der Waals surface area contributed by atoms with Crippen LogP contribution in [0.5, 0.6) is 0 Å². The summed E-state index contributed by atoms with van der Waals surface area (Å²) in [6, 6.07) is -0.0548. The summed E-state index contributed by atoms with van der Waals surface area (Å²) < 4.78 is 5.45. The Morgan fingerprint density at radius 2 is 1.81 bits per heavy atom. The number of hydrogen-bond donors (Lipinski definition) is 0. The van der Waals surface area contributed by atoms with Crippen molar-refractivity contribution in [3.63, 3.8) is 0 Å². The van der Waals surface area contributed by atoms with Crippen LogP contribution in [0.1, 0.15) is 52.9 Å². The number of rotatable bonds is 3. The van der Waals surface area contributed by atoms with E-state index in [1.54, 1.807) is 4.90 Å². The normalized spacial score (nSPS) is 27.1. The Balaban J connectivity index is 1.94. The molecule has 2 heterocycles. The van der Waals surface area contributed by atoms with Gasteiger partial charge in [0.05, 0.1) is 0 Å². The van der Waals surface area contributed by atoms with Crippen molar-refractivity contribution in [2.24, 2.45) is 0 Å². The number of carbonyl (C=O) groups is 2. The van der Waals surface area contributed by atoms with E-state index in [0.717, 1.165) is 32.2 Å². The molecule has 2 aliphatic rings. The highest BCUT2D eigenvalue weighted by Gasteiger charge is 2.38. The Kier molecular flexibility index (Phi) is 4.91. The summed E-state index contributed by atoms with van der Waals surface area (Å²) in [5.41, 5.74) is -0.500. The number of ether oxygens (including phenoxy) is 1. The minimum atomic E-state index is -0.500. The number of amides is 1. The summed E-state index contributed by atoms with van der Waals surface area (Å²) in [6.45, 7) is 7.32. The van der Waals surface area contributed by atoms with Crippen molar-refractivity contribution in [1.29, 1.82) is 0 Å². The van der Waals surface area contributed by atoms with Gasteiger partial charge in [0.1, 0.15) is 11.6 Å². The van der Waals surface area contributed by atoms with Gasteiger partial charge in [0.2, 0.25) is 5.91 Å². The monoisotopic (exact) mass is 296 g/mol. The molecule has 0 saturated carbocycles. The van der Waals surface area contributed by atoms with E-state index in [1.165, 1.54) is 0 Å². The summed E-state index contributed by atoms with van der Waals surface area (Å²) in [6.07, 6.45) is 4.37. The third-order valence-corrected chi connectivity index (χ3v) is 4.33. The third-order valence-electron chi connectivity index (χ3n) is 4.33. The van der Waals surface area contributed by atoms with Crippen molar-refractivity contribution in [3.8, 4) is 0 Å².